The number of amides is 2. The highest BCUT2D eigenvalue weighted by atomic mass is 33.1. The molecule has 3 heterocycles. The number of nitrogen functional groups attached to an aromatic ring is 1. The zero-order valence-electron chi connectivity index (χ0n) is 29.2. The van der Waals surface area contributed by atoms with Gasteiger partial charge in [-0.3, -0.25) is 27.7 Å². The quantitative estimate of drug-likeness (QED) is 0.0513. The maximum absolute atomic E-state index is 12.7. The average Bonchev–Trinajstić information content (AvgIpc) is 3.58. The average molecular weight is 855 g/mol. The first-order valence-corrected chi connectivity index (χ1v) is 22.5. The second-order valence-corrected chi connectivity index (χ2v) is 20.7. The Morgan fingerprint density at radius 2 is 1.72 bits per heavy atom. The number of nitrogens with zero attached hydrogens (tertiary/aromatic N) is 3. The van der Waals surface area contributed by atoms with Crippen molar-refractivity contribution in [3.8, 4) is 0 Å². The summed E-state index contributed by atoms with van der Waals surface area (Å²) in [5, 5.41) is 26.5. The number of nitrogens with two attached hydrogens (primary N) is 1. The molecule has 0 aromatic carbocycles. The molecule has 0 bridgehead atoms. The van der Waals surface area contributed by atoms with Crippen LogP contribution in [0.1, 0.15) is 47.3 Å². The van der Waals surface area contributed by atoms with E-state index < -0.39 is 78.6 Å². The van der Waals surface area contributed by atoms with E-state index in [0.29, 0.717) is 12.3 Å². The number of aliphatic hydroxyl groups is 2. The van der Waals surface area contributed by atoms with Crippen LogP contribution < -0.4 is 16.4 Å². The highest BCUT2D eigenvalue weighted by Gasteiger charge is 2.50. The third kappa shape index (κ3) is 14.4. The van der Waals surface area contributed by atoms with Gasteiger partial charge < -0.3 is 50.9 Å². The molecular formula is C26H45N6O16P3S2. The van der Waals surface area contributed by atoms with Gasteiger partial charge >= 0.3 is 23.5 Å². The molecule has 3 rings (SSSR count). The smallest absolute Gasteiger partial charge is 0.397 e. The number of pyridine rings is 1. The number of phosphoric ester groups is 3. The molecule has 22 nitrogen and oxygen atoms in total. The summed E-state index contributed by atoms with van der Waals surface area (Å²) in [5.41, 5.74) is 4.82. The van der Waals surface area contributed by atoms with Crippen molar-refractivity contribution in [3.05, 3.63) is 18.6 Å². The van der Waals surface area contributed by atoms with Crippen LogP contribution >= 0.6 is 45.1 Å². The number of hydrogen-bond donors (Lipinski definition) is 9. The molecule has 0 saturated carbocycles. The standard InChI is InChI=1S/C26H45N6O16P3S2/c1-25(2,3)53-52-11-10-28-17(33)7-9-30-23(36)21(35)26(4,5)13-45-51(42,43)48-50(40,41)44-12-16-20(47-49(37,38)39)19(34)24(46-16)32-14-31-18-15(27)6-8-29-22(18)32/h6,8,14,16,19-21,24,34-35H,7,9-13H2,1-5H3,(H2,27,29)(H,28,33)(H,30,36)(H,40,41)(H,42,43)(H2,37,38,39)/t16-,19?,20+,21-,24-/m1/s1. The Kier molecular flexibility index (Phi) is 16.0. The molecule has 7 atom stereocenters. The molecule has 2 amide bonds. The van der Waals surface area contributed by atoms with Crippen molar-refractivity contribution in [2.75, 3.05) is 37.8 Å². The number of anilines is 1. The van der Waals surface area contributed by atoms with Crippen LogP contribution in [0.3, 0.4) is 0 Å². The summed E-state index contributed by atoms with van der Waals surface area (Å²) >= 11 is 0. The molecule has 302 valence electrons. The number of aromatic nitrogens is 3. The SMILES string of the molecule is CC(C)(C)SSCCNC(=O)CCNC(=O)[C@@H](O)C(C)(C)COP(=O)(O)OP(=O)(O)OC[C@H]1O[C@@H](n2cnc3c(N)ccnc32)C(O)[C@H]1OP(=O)(O)O. The summed E-state index contributed by atoms with van der Waals surface area (Å²) in [5.74, 6) is -0.579. The second-order valence-electron chi connectivity index (χ2n) is 13.2. The second kappa shape index (κ2) is 18.5. The number of carbonyl (C=O) groups is 2. The van der Waals surface area contributed by atoms with Gasteiger partial charge in [0, 0.05) is 41.6 Å². The van der Waals surface area contributed by atoms with Crippen molar-refractivity contribution in [3.63, 3.8) is 0 Å². The van der Waals surface area contributed by atoms with Gasteiger partial charge in [-0.2, -0.15) is 4.31 Å². The monoisotopic (exact) mass is 854 g/mol. The number of rotatable bonds is 20. The van der Waals surface area contributed by atoms with Crippen LogP contribution in [-0.4, -0.2) is 117 Å². The van der Waals surface area contributed by atoms with E-state index in [9.17, 15) is 53.1 Å². The molecule has 1 saturated heterocycles. The third-order valence-electron chi connectivity index (χ3n) is 7.00. The number of fused-ring (bicyclic) bond motifs is 1. The molecule has 53 heavy (non-hydrogen) atoms. The lowest BCUT2D eigenvalue weighted by Crippen LogP contribution is -2.46. The first-order valence-electron chi connectivity index (χ1n) is 15.6. The molecule has 10 N–H and O–H groups in total. The molecule has 1 fully saturated rings. The fourth-order valence-corrected chi connectivity index (χ4v) is 9.49. The minimum Gasteiger partial charge on any atom is -0.397 e. The minimum atomic E-state index is -5.54. The zero-order chi connectivity index (χ0) is 40.0. The molecule has 3 unspecified atom stereocenters. The van der Waals surface area contributed by atoms with Gasteiger partial charge in [0.25, 0.3) is 0 Å². The number of ether oxygens (including phenoxy) is 1. The highest BCUT2D eigenvalue weighted by molar-refractivity contribution is 8.77. The Hall–Kier alpha value is -1.69. The minimum absolute atomic E-state index is 0.0742. The maximum Gasteiger partial charge on any atom is 0.481 e. The lowest BCUT2D eigenvalue weighted by Gasteiger charge is -2.30. The number of phosphoric acid groups is 3. The van der Waals surface area contributed by atoms with Gasteiger partial charge in [-0.1, -0.05) is 56.2 Å². The summed E-state index contributed by atoms with van der Waals surface area (Å²) < 4.78 is 62.2. The Bertz CT molecular complexity index is 1730. The van der Waals surface area contributed by atoms with Crippen molar-refractivity contribution in [1.82, 2.24) is 25.2 Å². The van der Waals surface area contributed by atoms with Crippen molar-refractivity contribution in [2.24, 2.45) is 5.41 Å². The van der Waals surface area contributed by atoms with Crippen molar-refractivity contribution in [2.45, 2.75) is 76.4 Å². The predicted molar refractivity (Wildman–Crippen MR) is 192 cm³/mol. The Labute approximate surface area is 312 Å². The Balaban J connectivity index is 1.52. The van der Waals surface area contributed by atoms with Crippen molar-refractivity contribution >= 4 is 73.7 Å². The van der Waals surface area contributed by atoms with Crippen LogP contribution in [0.15, 0.2) is 18.6 Å². The van der Waals surface area contributed by atoms with E-state index in [2.05, 4.69) is 50.2 Å². The summed E-state index contributed by atoms with van der Waals surface area (Å²) in [6.07, 6.45) is -6.35. The molecule has 0 spiro atoms. The van der Waals surface area contributed by atoms with E-state index >= 15 is 0 Å². The lowest BCUT2D eigenvalue weighted by molar-refractivity contribution is -0.137. The van der Waals surface area contributed by atoms with Crippen molar-refractivity contribution < 1.29 is 75.7 Å². The largest absolute Gasteiger partial charge is 0.481 e. The van der Waals surface area contributed by atoms with E-state index in [-0.39, 0.29) is 40.5 Å². The topological polar surface area (TPSA) is 334 Å². The number of hydrogen-bond acceptors (Lipinski definition) is 17. The van der Waals surface area contributed by atoms with Gasteiger partial charge in [0.1, 0.15) is 29.9 Å². The predicted octanol–water partition coefficient (Wildman–Crippen LogP) is 1.19. The van der Waals surface area contributed by atoms with Gasteiger partial charge in [0.2, 0.25) is 11.8 Å². The van der Waals surface area contributed by atoms with E-state index in [4.69, 9.17) is 19.5 Å². The summed E-state index contributed by atoms with van der Waals surface area (Å²) in [7, 11) is -13.0. The van der Waals surface area contributed by atoms with Crippen LogP contribution in [-0.2, 0) is 45.9 Å². The molecule has 2 aromatic rings. The van der Waals surface area contributed by atoms with Crippen LogP contribution in [0.2, 0.25) is 0 Å². The van der Waals surface area contributed by atoms with Gasteiger partial charge in [-0.15, -0.1) is 0 Å². The molecule has 1 aliphatic heterocycles. The number of nitrogens with one attached hydrogen (secondary N) is 2. The normalized spacial score (nSPS) is 22.6. The fourth-order valence-electron chi connectivity index (χ4n) is 4.47. The maximum atomic E-state index is 12.7. The summed E-state index contributed by atoms with van der Waals surface area (Å²) in [4.78, 5) is 71.9. The molecule has 1 aliphatic rings. The molecule has 0 radical (unpaired) electrons. The first-order chi connectivity index (χ1) is 24.3. The van der Waals surface area contributed by atoms with Crippen LogP contribution in [0, 0.1) is 5.41 Å². The van der Waals surface area contributed by atoms with E-state index in [1.807, 2.05) is 0 Å². The molecule has 2 aromatic heterocycles. The molecular weight excluding hydrogens is 809 g/mol. The molecule has 0 aliphatic carbocycles. The fraction of sp³-hybridized carbons (Fsp3) is 0.692. The highest BCUT2D eigenvalue weighted by Crippen LogP contribution is 2.61. The van der Waals surface area contributed by atoms with E-state index in [1.165, 1.54) is 30.7 Å². The van der Waals surface area contributed by atoms with Crippen LogP contribution in [0.25, 0.3) is 11.2 Å². The van der Waals surface area contributed by atoms with Crippen molar-refractivity contribution in [1.29, 1.82) is 0 Å². The third-order valence-corrected chi connectivity index (χ3v) is 13.4. The van der Waals surface area contributed by atoms with Gasteiger partial charge in [-0.05, 0) is 6.07 Å². The van der Waals surface area contributed by atoms with Gasteiger partial charge in [-0.25, -0.2) is 23.7 Å². The first kappa shape index (κ1) is 45.7. The lowest BCUT2D eigenvalue weighted by atomic mass is 9.87. The zero-order valence-corrected chi connectivity index (χ0v) is 33.5. The van der Waals surface area contributed by atoms with Gasteiger partial charge in [0.05, 0.1) is 25.2 Å². The van der Waals surface area contributed by atoms with Gasteiger partial charge in [0.15, 0.2) is 11.9 Å². The van der Waals surface area contributed by atoms with Crippen LogP contribution in [0.4, 0.5) is 5.69 Å². The van der Waals surface area contributed by atoms with E-state index in [0.717, 1.165) is 6.33 Å². The molecule has 27 heteroatoms. The van der Waals surface area contributed by atoms with Crippen LogP contribution in [0.5, 0.6) is 0 Å². The number of imidazole rings is 1. The summed E-state index contributed by atoms with van der Waals surface area (Å²) in [6, 6.07) is 1.45. The summed E-state index contributed by atoms with van der Waals surface area (Å²) in [6.45, 7) is 7.10. The van der Waals surface area contributed by atoms with E-state index in [1.54, 1.807) is 21.6 Å². The number of aliphatic hydroxyl groups excluding tert-OH is 2. The Morgan fingerprint density at radius 1 is 1.06 bits per heavy atom. The number of carbonyl (C=O) groups excluding carboxylic acids is 2. The Morgan fingerprint density at radius 3 is 2.36 bits per heavy atom.